The number of fused-ring (bicyclic) bond motifs is 1. The number of rotatable bonds is 5. The second kappa shape index (κ2) is 8.97. The molecule has 2 N–H and O–H groups in total. The number of hydrogen-bond acceptors (Lipinski definition) is 6. The minimum Gasteiger partial charge on any atom is -0.353 e. The number of hydrogen-bond donors (Lipinski definition) is 2. The Labute approximate surface area is 183 Å². The van der Waals surface area contributed by atoms with E-state index in [9.17, 15) is 14.4 Å². The van der Waals surface area contributed by atoms with Crippen LogP contribution in [0, 0.1) is 13.8 Å². The van der Waals surface area contributed by atoms with Crippen molar-refractivity contribution in [2.24, 2.45) is 0 Å². The van der Waals surface area contributed by atoms with Crippen LogP contribution in [0.4, 0.5) is 0 Å². The first-order valence-electron chi connectivity index (χ1n) is 10.4. The highest BCUT2D eigenvalue weighted by molar-refractivity contribution is 7.18. The van der Waals surface area contributed by atoms with Crippen molar-refractivity contribution in [3.63, 3.8) is 0 Å². The molecule has 162 valence electrons. The number of nitrogens with zero attached hydrogens (tertiary/aromatic N) is 3. The van der Waals surface area contributed by atoms with Crippen LogP contribution in [0.2, 0.25) is 0 Å². The van der Waals surface area contributed by atoms with E-state index in [2.05, 4.69) is 20.3 Å². The van der Waals surface area contributed by atoms with Gasteiger partial charge in [0.1, 0.15) is 10.7 Å². The molecule has 1 aliphatic rings. The Kier molecular flexibility index (Phi) is 6.13. The number of nitrogens with one attached hydrogen (secondary N) is 2. The number of likely N-dealkylation sites (tertiary alicyclic amines) is 1. The van der Waals surface area contributed by atoms with Gasteiger partial charge in [-0.05, 0) is 44.4 Å². The van der Waals surface area contributed by atoms with E-state index in [4.69, 9.17) is 0 Å². The normalized spacial score (nSPS) is 14.7. The Bertz CT molecular complexity index is 1160. The van der Waals surface area contributed by atoms with Crippen LogP contribution in [0.1, 0.15) is 45.9 Å². The maximum Gasteiger partial charge on any atom is 0.259 e. The summed E-state index contributed by atoms with van der Waals surface area (Å²) in [4.78, 5) is 52.2. The first kappa shape index (κ1) is 21.2. The fraction of sp³-hybridized carbons (Fsp3) is 0.409. The number of carbonyl (C=O) groups is 2. The predicted molar refractivity (Wildman–Crippen MR) is 119 cm³/mol. The summed E-state index contributed by atoms with van der Waals surface area (Å²) in [7, 11) is 0. The lowest BCUT2D eigenvalue weighted by Crippen LogP contribution is -2.46. The molecule has 0 bridgehead atoms. The summed E-state index contributed by atoms with van der Waals surface area (Å²) in [6, 6.07) is 3.47. The van der Waals surface area contributed by atoms with Crippen LogP contribution in [-0.2, 0) is 11.2 Å². The van der Waals surface area contributed by atoms with Crippen LogP contribution in [0.3, 0.4) is 0 Å². The van der Waals surface area contributed by atoms with Gasteiger partial charge in [0, 0.05) is 54.8 Å². The van der Waals surface area contributed by atoms with E-state index in [-0.39, 0.29) is 29.8 Å². The van der Waals surface area contributed by atoms with Crippen LogP contribution >= 0.6 is 11.3 Å². The molecule has 0 unspecified atom stereocenters. The van der Waals surface area contributed by atoms with E-state index in [0.29, 0.717) is 36.3 Å². The van der Waals surface area contributed by atoms with Crippen LogP contribution in [0.15, 0.2) is 29.3 Å². The third-order valence-electron chi connectivity index (χ3n) is 5.75. The van der Waals surface area contributed by atoms with Crippen LogP contribution < -0.4 is 10.9 Å². The molecule has 0 saturated carbocycles. The molecule has 8 nitrogen and oxygen atoms in total. The number of aromatic amines is 1. The Balaban J connectivity index is 1.28. The number of thiophene rings is 1. The van der Waals surface area contributed by atoms with Crippen LogP contribution in [0.25, 0.3) is 10.2 Å². The van der Waals surface area contributed by atoms with Crippen molar-refractivity contribution in [1.82, 2.24) is 25.2 Å². The number of aromatic nitrogens is 3. The van der Waals surface area contributed by atoms with Crippen LogP contribution in [0.5, 0.6) is 0 Å². The second-order valence-corrected chi connectivity index (χ2v) is 9.05. The van der Waals surface area contributed by atoms with Gasteiger partial charge in [-0.2, -0.15) is 0 Å². The van der Waals surface area contributed by atoms with E-state index in [1.165, 1.54) is 11.3 Å². The SMILES string of the molecule is Cc1sc2nc(CCC(=O)NC3CCN(C(=O)c4ccncc4)CC3)[nH]c(=O)c2c1C. The zero-order chi connectivity index (χ0) is 22.0. The summed E-state index contributed by atoms with van der Waals surface area (Å²) in [6.07, 6.45) is 5.30. The summed E-state index contributed by atoms with van der Waals surface area (Å²) in [6.45, 7) is 5.11. The summed E-state index contributed by atoms with van der Waals surface area (Å²) >= 11 is 1.50. The minimum absolute atomic E-state index is 0.00310. The number of amides is 2. The number of carbonyl (C=O) groups excluding carboxylic acids is 2. The van der Waals surface area contributed by atoms with Gasteiger partial charge in [-0.3, -0.25) is 19.4 Å². The van der Waals surface area contributed by atoms with Crippen molar-refractivity contribution in [3.05, 3.63) is 56.7 Å². The smallest absolute Gasteiger partial charge is 0.259 e. The van der Waals surface area contributed by atoms with Crippen LogP contribution in [-0.4, -0.2) is 50.8 Å². The first-order chi connectivity index (χ1) is 14.9. The molecule has 31 heavy (non-hydrogen) atoms. The number of aryl methyl sites for hydroxylation is 3. The molecule has 0 aromatic carbocycles. The minimum atomic E-state index is -0.145. The van der Waals surface area contributed by atoms with E-state index >= 15 is 0 Å². The lowest BCUT2D eigenvalue weighted by atomic mass is 10.0. The Morgan fingerprint density at radius 3 is 2.65 bits per heavy atom. The fourth-order valence-electron chi connectivity index (χ4n) is 3.85. The molecule has 4 heterocycles. The molecule has 1 saturated heterocycles. The maximum absolute atomic E-state index is 12.5. The predicted octanol–water partition coefficient (Wildman–Crippen LogP) is 2.35. The molecule has 4 rings (SSSR count). The summed E-state index contributed by atoms with van der Waals surface area (Å²) in [5.41, 5.74) is 1.45. The maximum atomic E-state index is 12.5. The average molecular weight is 440 g/mol. The Hall–Kier alpha value is -3.07. The lowest BCUT2D eigenvalue weighted by Gasteiger charge is -2.32. The third kappa shape index (κ3) is 4.66. The highest BCUT2D eigenvalue weighted by Gasteiger charge is 2.24. The second-order valence-electron chi connectivity index (χ2n) is 7.85. The topological polar surface area (TPSA) is 108 Å². The molecule has 0 aliphatic carbocycles. The molecule has 3 aromatic rings. The van der Waals surface area contributed by atoms with Crippen molar-refractivity contribution in [2.75, 3.05) is 13.1 Å². The van der Waals surface area contributed by atoms with E-state index in [1.807, 2.05) is 18.7 Å². The molecule has 3 aromatic heterocycles. The molecule has 0 spiro atoms. The van der Waals surface area contributed by atoms with Gasteiger partial charge >= 0.3 is 0 Å². The van der Waals surface area contributed by atoms with Crippen molar-refractivity contribution in [3.8, 4) is 0 Å². The first-order valence-corrected chi connectivity index (χ1v) is 11.2. The van der Waals surface area contributed by atoms with E-state index in [0.717, 1.165) is 28.1 Å². The quantitative estimate of drug-likeness (QED) is 0.634. The zero-order valence-corrected chi connectivity index (χ0v) is 18.4. The molecule has 0 radical (unpaired) electrons. The Morgan fingerprint density at radius 1 is 1.23 bits per heavy atom. The highest BCUT2D eigenvalue weighted by Crippen LogP contribution is 2.25. The van der Waals surface area contributed by atoms with Gasteiger partial charge in [-0.25, -0.2) is 4.98 Å². The van der Waals surface area contributed by atoms with Gasteiger partial charge in [-0.15, -0.1) is 11.3 Å². The van der Waals surface area contributed by atoms with Gasteiger partial charge in [-0.1, -0.05) is 0 Å². The molecule has 1 fully saturated rings. The summed E-state index contributed by atoms with van der Waals surface area (Å²) in [5, 5.41) is 3.69. The van der Waals surface area contributed by atoms with E-state index in [1.54, 1.807) is 24.5 Å². The standard InChI is InChI=1S/C22H25N5O3S/c1-13-14(2)31-21-19(13)20(29)25-17(26-21)3-4-18(28)24-16-7-11-27(12-8-16)22(30)15-5-9-23-10-6-15/h5-6,9-10,16H,3-4,7-8,11-12H2,1-2H3,(H,24,28)(H,25,26,29). The molecular weight excluding hydrogens is 414 g/mol. The Morgan fingerprint density at radius 2 is 1.94 bits per heavy atom. The van der Waals surface area contributed by atoms with Gasteiger partial charge < -0.3 is 15.2 Å². The fourth-order valence-corrected chi connectivity index (χ4v) is 4.90. The highest BCUT2D eigenvalue weighted by atomic mass is 32.1. The van der Waals surface area contributed by atoms with E-state index < -0.39 is 0 Å². The molecule has 2 amide bonds. The summed E-state index contributed by atoms with van der Waals surface area (Å²) in [5.74, 6) is 0.462. The lowest BCUT2D eigenvalue weighted by molar-refractivity contribution is -0.122. The van der Waals surface area contributed by atoms with Gasteiger partial charge in [0.15, 0.2) is 0 Å². The van der Waals surface area contributed by atoms with Gasteiger partial charge in [0.2, 0.25) is 5.91 Å². The number of H-pyrrole nitrogens is 1. The van der Waals surface area contributed by atoms with Gasteiger partial charge in [0.25, 0.3) is 11.5 Å². The van der Waals surface area contributed by atoms with Crippen molar-refractivity contribution in [1.29, 1.82) is 0 Å². The summed E-state index contributed by atoms with van der Waals surface area (Å²) < 4.78 is 0. The molecule has 9 heteroatoms. The van der Waals surface area contributed by atoms with Crippen molar-refractivity contribution < 1.29 is 9.59 Å². The third-order valence-corrected chi connectivity index (χ3v) is 6.85. The zero-order valence-electron chi connectivity index (χ0n) is 17.6. The molecule has 1 aliphatic heterocycles. The van der Waals surface area contributed by atoms with Crippen molar-refractivity contribution in [2.45, 2.75) is 45.6 Å². The number of piperidine rings is 1. The molecular formula is C22H25N5O3S. The average Bonchev–Trinajstić information content (AvgIpc) is 3.06. The largest absolute Gasteiger partial charge is 0.353 e. The molecule has 0 atom stereocenters. The monoisotopic (exact) mass is 439 g/mol. The van der Waals surface area contributed by atoms with Gasteiger partial charge in [0.05, 0.1) is 5.39 Å². The van der Waals surface area contributed by atoms with Crippen molar-refractivity contribution >= 4 is 33.4 Å². The number of pyridine rings is 1.